The smallest absolute Gasteiger partial charge is 0.198 e. The molecule has 9 heteroatoms. The third kappa shape index (κ3) is 2.15. The third-order valence-electron chi connectivity index (χ3n) is 2.51. The van der Waals surface area contributed by atoms with E-state index in [-0.39, 0.29) is 10.7 Å². The Morgan fingerprint density at radius 3 is 2.71 bits per heavy atom. The maximum Gasteiger partial charge on any atom is 0.198 e. The van der Waals surface area contributed by atoms with Gasteiger partial charge in [0.2, 0.25) is 0 Å². The van der Waals surface area contributed by atoms with Crippen LogP contribution in [0.4, 0.5) is 0 Å². The van der Waals surface area contributed by atoms with E-state index in [0.29, 0.717) is 0 Å². The SMILES string of the molecule is NC(=S)c1cnn([C@@H]2O[C@H](CO)[C@@H](O)[C@H]2O)n1. The average molecular weight is 260 g/mol. The molecule has 94 valence electrons. The van der Waals surface area contributed by atoms with Gasteiger partial charge in [0.1, 0.15) is 29.0 Å². The second-order valence-corrected chi connectivity index (χ2v) is 4.08. The van der Waals surface area contributed by atoms with E-state index in [1.165, 1.54) is 6.20 Å². The number of thiocarbonyl (C=S) groups is 1. The largest absolute Gasteiger partial charge is 0.394 e. The Balaban J connectivity index is 2.19. The van der Waals surface area contributed by atoms with Gasteiger partial charge >= 0.3 is 0 Å². The predicted octanol–water partition coefficient (Wildman–Crippen LogP) is -2.48. The van der Waals surface area contributed by atoms with Gasteiger partial charge < -0.3 is 25.8 Å². The van der Waals surface area contributed by atoms with Crippen molar-refractivity contribution in [3.8, 4) is 0 Å². The van der Waals surface area contributed by atoms with E-state index in [2.05, 4.69) is 10.2 Å². The van der Waals surface area contributed by atoms with Crippen LogP contribution in [-0.4, -0.2) is 60.2 Å². The fourth-order valence-corrected chi connectivity index (χ4v) is 1.68. The lowest BCUT2D eigenvalue weighted by molar-refractivity contribution is -0.0655. The quantitative estimate of drug-likeness (QED) is 0.440. The molecule has 1 aromatic heterocycles. The summed E-state index contributed by atoms with van der Waals surface area (Å²) in [7, 11) is 0. The van der Waals surface area contributed by atoms with Crippen LogP contribution in [0.15, 0.2) is 6.20 Å². The second kappa shape index (κ2) is 4.63. The molecule has 0 aromatic carbocycles. The number of hydrogen-bond acceptors (Lipinski definition) is 7. The molecule has 1 saturated heterocycles. The Bertz CT molecular complexity index is 425. The fraction of sp³-hybridized carbons (Fsp3) is 0.625. The lowest BCUT2D eigenvalue weighted by Gasteiger charge is -2.12. The number of hydrogen-bond donors (Lipinski definition) is 4. The number of nitrogens with two attached hydrogens (primary N) is 1. The highest BCUT2D eigenvalue weighted by atomic mass is 32.1. The maximum absolute atomic E-state index is 9.71. The van der Waals surface area contributed by atoms with Gasteiger partial charge in [-0.2, -0.15) is 9.90 Å². The van der Waals surface area contributed by atoms with Gasteiger partial charge in [-0.1, -0.05) is 12.2 Å². The van der Waals surface area contributed by atoms with Gasteiger partial charge in [0.15, 0.2) is 6.23 Å². The van der Waals surface area contributed by atoms with Crippen LogP contribution in [0.5, 0.6) is 0 Å². The Morgan fingerprint density at radius 2 is 2.24 bits per heavy atom. The molecule has 8 nitrogen and oxygen atoms in total. The van der Waals surface area contributed by atoms with E-state index in [0.717, 1.165) is 4.80 Å². The molecule has 0 spiro atoms. The summed E-state index contributed by atoms with van der Waals surface area (Å²) < 4.78 is 5.22. The van der Waals surface area contributed by atoms with Crippen molar-refractivity contribution in [1.82, 2.24) is 15.0 Å². The van der Waals surface area contributed by atoms with Gasteiger partial charge in [0.25, 0.3) is 0 Å². The van der Waals surface area contributed by atoms with Crippen LogP contribution in [-0.2, 0) is 4.74 Å². The average Bonchev–Trinajstić information content (AvgIpc) is 2.87. The van der Waals surface area contributed by atoms with E-state index >= 15 is 0 Å². The molecule has 1 aliphatic rings. The van der Waals surface area contributed by atoms with Crippen LogP contribution < -0.4 is 5.73 Å². The van der Waals surface area contributed by atoms with E-state index < -0.39 is 31.1 Å². The first kappa shape index (κ1) is 12.3. The summed E-state index contributed by atoms with van der Waals surface area (Å²) in [6, 6.07) is 0. The molecule has 0 unspecified atom stereocenters. The molecule has 1 aromatic rings. The molecule has 0 radical (unpaired) electrons. The molecule has 0 aliphatic carbocycles. The standard InChI is InChI=1S/C8H12N4O4S/c9-7(17)3-1-10-12(11-3)8-6(15)5(14)4(2-13)16-8/h1,4-6,8,13-15H,2H2,(H2,9,17)/t4-,5-,6-,8-/m1/s1. The number of nitrogens with zero attached hydrogens (tertiary/aromatic N) is 3. The highest BCUT2D eigenvalue weighted by Gasteiger charge is 2.44. The lowest BCUT2D eigenvalue weighted by atomic mass is 10.1. The van der Waals surface area contributed by atoms with Crippen molar-refractivity contribution in [3.05, 3.63) is 11.9 Å². The Morgan fingerprint density at radius 1 is 1.53 bits per heavy atom. The Hall–Kier alpha value is -1.13. The van der Waals surface area contributed by atoms with Gasteiger partial charge in [-0.25, -0.2) is 0 Å². The molecule has 0 bridgehead atoms. The minimum absolute atomic E-state index is 0.0722. The fourth-order valence-electron chi connectivity index (χ4n) is 1.58. The van der Waals surface area contributed by atoms with Gasteiger partial charge in [0, 0.05) is 0 Å². The molecular weight excluding hydrogens is 248 g/mol. The number of aliphatic hydroxyl groups excluding tert-OH is 3. The zero-order chi connectivity index (χ0) is 12.6. The van der Waals surface area contributed by atoms with Crippen molar-refractivity contribution >= 4 is 17.2 Å². The first-order chi connectivity index (χ1) is 8.04. The molecular formula is C8H12N4O4S. The van der Waals surface area contributed by atoms with Crippen molar-refractivity contribution < 1.29 is 20.1 Å². The van der Waals surface area contributed by atoms with Crippen molar-refractivity contribution in [2.45, 2.75) is 24.5 Å². The third-order valence-corrected chi connectivity index (χ3v) is 2.71. The van der Waals surface area contributed by atoms with Crippen LogP contribution in [0.2, 0.25) is 0 Å². The van der Waals surface area contributed by atoms with Gasteiger partial charge in [-0.15, -0.1) is 5.10 Å². The second-order valence-electron chi connectivity index (χ2n) is 3.64. The van der Waals surface area contributed by atoms with Crippen LogP contribution in [0.1, 0.15) is 11.9 Å². The summed E-state index contributed by atoms with van der Waals surface area (Å²) in [6.45, 7) is -0.405. The molecule has 2 heterocycles. The van der Waals surface area contributed by atoms with Gasteiger partial charge in [0.05, 0.1) is 12.8 Å². The molecule has 0 saturated carbocycles. The molecule has 17 heavy (non-hydrogen) atoms. The van der Waals surface area contributed by atoms with E-state index in [1.807, 2.05) is 0 Å². The Labute approximate surface area is 102 Å². The maximum atomic E-state index is 9.71. The number of ether oxygens (including phenoxy) is 1. The molecule has 5 N–H and O–H groups in total. The van der Waals surface area contributed by atoms with Crippen LogP contribution in [0.25, 0.3) is 0 Å². The van der Waals surface area contributed by atoms with Crippen LogP contribution in [0, 0.1) is 0 Å². The summed E-state index contributed by atoms with van der Waals surface area (Å²) in [5, 5.41) is 35.9. The minimum atomic E-state index is -1.22. The lowest BCUT2D eigenvalue weighted by Crippen LogP contribution is -2.33. The van der Waals surface area contributed by atoms with Crippen LogP contribution in [0.3, 0.4) is 0 Å². The summed E-state index contributed by atoms with van der Waals surface area (Å²) in [6.07, 6.45) is -2.92. The molecule has 4 atom stereocenters. The van der Waals surface area contributed by atoms with E-state index in [1.54, 1.807) is 0 Å². The first-order valence-corrected chi connectivity index (χ1v) is 5.29. The summed E-state index contributed by atoms with van der Waals surface area (Å²) in [5.74, 6) is 0. The molecule has 1 aliphatic heterocycles. The van der Waals surface area contributed by atoms with E-state index in [4.69, 9.17) is 27.8 Å². The highest BCUT2D eigenvalue weighted by Crippen LogP contribution is 2.27. The number of aliphatic hydroxyl groups is 3. The van der Waals surface area contributed by atoms with Crippen molar-refractivity contribution in [3.63, 3.8) is 0 Å². The number of rotatable bonds is 3. The summed E-state index contributed by atoms with van der Waals surface area (Å²) in [4.78, 5) is 1.14. The van der Waals surface area contributed by atoms with Gasteiger partial charge in [-0.05, 0) is 0 Å². The zero-order valence-corrected chi connectivity index (χ0v) is 9.49. The van der Waals surface area contributed by atoms with Crippen molar-refractivity contribution in [1.29, 1.82) is 0 Å². The molecule has 2 rings (SSSR count). The Kier molecular flexibility index (Phi) is 3.35. The first-order valence-electron chi connectivity index (χ1n) is 4.88. The molecule has 1 fully saturated rings. The van der Waals surface area contributed by atoms with E-state index in [9.17, 15) is 10.2 Å². The summed E-state index contributed by atoms with van der Waals surface area (Å²) in [5.41, 5.74) is 5.65. The summed E-state index contributed by atoms with van der Waals surface area (Å²) >= 11 is 4.72. The molecule has 0 amide bonds. The number of aromatic nitrogens is 3. The highest BCUT2D eigenvalue weighted by molar-refractivity contribution is 7.80. The normalized spacial score (nSPS) is 32.9. The van der Waals surface area contributed by atoms with Gasteiger partial charge in [-0.3, -0.25) is 0 Å². The van der Waals surface area contributed by atoms with Crippen molar-refractivity contribution in [2.75, 3.05) is 6.61 Å². The minimum Gasteiger partial charge on any atom is -0.394 e. The predicted molar refractivity (Wildman–Crippen MR) is 58.9 cm³/mol. The van der Waals surface area contributed by atoms with Crippen LogP contribution >= 0.6 is 12.2 Å². The zero-order valence-electron chi connectivity index (χ0n) is 8.67. The topological polar surface area (TPSA) is 127 Å². The van der Waals surface area contributed by atoms with Crippen molar-refractivity contribution in [2.24, 2.45) is 5.73 Å². The monoisotopic (exact) mass is 260 g/mol.